The maximum atomic E-state index is 13.2. The van der Waals surface area contributed by atoms with Gasteiger partial charge in [-0.1, -0.05) is 25.1 Å². The molecule has 0 aliphatic rings. The standard InChI is InChI=1S/C13H20FN3O2/c1-8(2)12(7-18)16-6-9-3-4-10(14)5-11(9)13(15)17-19/h3-5,8,12,16,18-19H,6-7H2,1-2H3,(H2,15,17)/t12-/m1/s1. The van der Waals surface area contributed by atoms with Crippen molar-refractivity contribution in [2.24, 2.45) is 16.8 Å². The maximum absolute atomic E-state index is 13.2. The minimum atomic E-state index is -0.451. The predicted octanol–water partition coefficient (Wildman–Crippen LogP) is 1.03. The van der Waals surface area contributed by atoms with Gasteiger partial charge in [0.1, 0.15) is 5.82 Å². The first-order valence-corrected chi connectivity index (χ1v) is 6.10. The fourth-order valence-corrected chi connectivity index (χ4v) is 1.75. The average Bonchev–Trinajstić information content (AvgIpc) is 2.39. The number of nitrogens with zero attached hydrogens (tertiary/aromatic N) is 1. The second kappa shape index (κ2) is 7.06. The summed E-state index contributed by atoms with van der Waals surface area (Å²) < 4.78 is 13.2. The van der Waals surface area contributed by atoms with Crippen LogP contribution in [0.2, 0.25) is 0 Å². The van der Waals surface area contributed by atoms with Gasteiger partial charge in [-0.15, -0.1) is 0 Å². The Bertz CT molecular complexity index is 450. The van der Waals surface area contributed by atoms with E-state index in [9.17, 15) is 9.50 Å². The second-order valence-electron chi connectivity index (χ2n) is 4.70. The van der Waals surface area contributed by atoms with Crippen LogP contribution in [0.3, 0.4) is 0 Å². The van der Waals surface area contributed by atoms with Gasteiger partial charge in [-0.2, -0.15) is 0 Å². The van der Waals surface area contributed by atoms with Crippen LogP contribution in [0.1, 0.15) is 25.0 Å². The Hall–Kier alpha value is -1.66. The van der Waals surface area contributed by atoms with Crippen LogP contribution in [0.15, 0.2) is 23.4 Å². The van der Waals surface area contributed by atoms with Gasteiger partial charge in [0.05, 0.1) is 6.61 Å². The fraction of sp³-hybridized carbons (Fsp3) is 0.462. The van der Waals surface area contributed by atoms with Crippen LogP contribution < -0.4 is 11.1 Å². The normalized spacial score (nSPS) is 13.8. The highest BCUT2D eigenvalue weighted by atomic mass is 19.1. The Balaban J connectivity index is 2.89. The molecule has 0 saturated heterocycles. The predicted molar refractivity (Wildman–Crippen MR) is 71.5 cm³/mol. The van der Waals surface area contributed by atoms with E-state index in [2.05, 4.69) is 10.5 Å². The molecule has 0 saturated carbocycles. The number of benzene rings is 1. The van der Waals surface area contributed by atoms with Gasteiger partial charge in [0.15, 0.2) is 5.84 Å². The molecule has 6 heteroatoms. The molecule has 106 valence electrons. The number of aliphatic hydroxyl groups is 1. The molecule has 1 rings (SSSR count). The van der Waals surface area contributed by atoms with Crippen molar-refractivity contribution in [1.82, 2.24) is 5.32 Å². The van der Waals surface area contributed by atoms with Gasteiger partial charge in [0.25, 0.3) is 0 Å². The fourth-order valence-electron chi connectivity index (χ4n) is 1.75. The van der Waals surface area contributed by atoms with Gasteiger partial charge in [0.2, 0.25) is 0 Å². The molecule has 0 fully saturated rings. The second-order valence-corrected chi connectivity index (χ2v) is 4.70. The van der Waals surface area contributed by atoms with Crippen LogP contribution in [0.25, 0.3) is 0 Å². The molecule has 1 aromatic carbocycles. The molecule has 0 heterocycles. The van der Waals surface area contributed by atoms with Crippen LogP contribution >= 0.6 is 0 Å². The SMILES string of the molecule is CC(C)[C@@H](CO)NCc1ccc(F)cc1C(N)=NO. The van der Waals surface area contributed by atoms with Crippen LogP contribution in [-0.2, 0) is 6.54 Å². The Labute approximate surface area is 111 Å². The number of halogens is 1. The zero-order valence-electron chi connectivity index (χ0n) is 11.1. The third-order valence-corrected chi connectivity index (χ3v) is 3.01. The van der Waals surface area contributed by atoms with E-state index in [1.54, 1.807) is 6.07 Å². The van der Waals surface area contributed by atoms with Crippen molar-refractivity contribution in [1.29, 1.82) is 0 Å². The molecule has 1 aromatic rings. The first-order valence-electron chi connectivity index (χ1n) is 6.10. The summed E-state index contributed by atoms with van der Waals surface area (Å²) in [7, 11) is 0. The van der Waals surface area contributed by atoms with Crippen molar-refractivity contribution < 1.29 is 14.7 Å². The van der Waals surface area contributed by atoms with E-state index in [4.69, 9.17) is 10.9 Å². The van der Waals surface area contributed by atoms with E-state index in [0.717, 1.165) is 0 Å². The number of nitrogens with one attached hydrogen (secondary N) is 1. The molecule has 19 heavy (non-hydrogen) atoms. The molecule has 0 aliphatic carbocycles. The summed E-state index contributed by atoms with van der Waals surface area (Å²) in [5, 5.41) is 24.0. The third kappa shape index (κ3) is 4.18. The number of rotatable bonds is 6. The summed E-state index contributed by atoms with van der Waals surface area (Å²) in [4.78, 5) is 0. The molecule has 5 nitrogen and oxygen atoms in total. The Morgan fingerprint density at radius 1 is 1.47 bits per heavy atom. The molecule has 5 N–H and O–H groups in total. The summed E-state index contributed by atoms with van der Waals surface area (Å²) >= 11 is 0. The van der Waals surface area contributed by atoms with Crippen LogP contribution in [0.4, 0.5) is 4.39 Å². The molecular formula is C13H20FN3O2. The highest BCUT2D eigenvalue weighted by Crippen LogP contribution is 2.12. The van der Waals surface area contributed by atoms with E-state index in [-0.39, 0.29) is 24.4 Å². The molecule has 0 spiro atoms. The molecule has 0 bridgehead atoms. The lowest BCUT2D eigenvalue weighted by atomic mass is 10.0. The molecular weight excluding hydrogens is 249 g/mol. The van der Waals surface area contributed by atoms with Gasteiger partial charge in [-0.25, -0.2) is 4.39 Å². The highest BCUT2D eigenvalue weighted by Gasteiger charge is 2.14. The zero-order chi connectivity index (χ0) is 14.4. The summed E-state index contributed by atoms with van der Waals surface area (Å²) in [5.41, 5.74) is 6.57. The lowest BCUT2D eigenvalue weighted by Crippen LogP contribution is -2.37. The minimum Gasteiger partial charge on any atom is -0.409 e. The van der Waals surface area contributed by atoms with Crippen molar-refractivity contribution in [2.45, 2.75) is 26.4 Å². The molecule has 1 atom stereocenters. The smallest absolute Gasteiger partial charge is 0.170 e. The van der Waals surface area contributed by atoms with Gasteiger partial charge >= 0.3 is 0 Å². The Morgan fingerprint density at radius 3 is 2.68 bits per heavy atom. The van der Waals surface area contributed by atoms with Gasteiger partial charge < -0.3 is 21.4 Å². The van der Waals surface area contributed by atoms with Crippen molar-refractivity contribution >= 4 is 5.84 Å². The minimum absolute atomic E-state index is 0.0117. The van der Waals surface area contributed by atoms with Crippen molar-refractivity contribution in [2.75, 3.05) is 6.61 Å². The van der Waals surface area contributed by atoms with Crippen LogP contribution in [0, 0.1) is 11.7 Å². The number of hydrogen-bond donors (Lipinski definition) is 4. The summed E-state index contributed by atoms with van der Waals surface area (Å²) in [6, 6.07) is 4.04. The summed E-state index contributed by atoms with van der Waals surface area (Å²) in [6.07, 6.45) is 0. The third-order valence-electron chi connectivity index (χ3n) is 3.01. The topological polar surface area (TPSA) is 90.9 Å². The quantitative estimate of drug-likeness (QED) is 0.269. The highest BCUT2D eigenvalue weighted by molar-refractivity contribution is 5.98. The van der Waals surface area contributed by atoms with E-state index < -0.39 is 5.82 Å². The first-order chi connectivity index (χ1) is 8.99. The maximum Gasteiger partial charge on any atom is 0.170 e. The zero-order valence-corrected chi connectivity index (χ0v) is 11.1. The first kappa shape index (κ1) is 15.4. The van der Waals surface area contributed by atoms with E-state index in [1.807, 2.05) is 13.8 Å². The van der Waals surface area contributed by atoms with E-state index in [0.29, 0.717) is 17.7 Å². The number of hydrogen-bond acceptors (Lipinski definition) is 4. The Morgan fingerprint density at radius 2 is 2.16 bits per heavy atom. The Kier molecular flexibility index (Phi) is 5.72. The molecule has 0 radical (unpaired) electrons. The van der Waals surface area contributed by atoms with Crippen LogP contribution in [-0.4, -0.2) is 28.8 Å². The number of amidine groups is 1. The lowest BCUT2D eigenvalue weighted by Gasteiger charge is -2.20. The van der Waals surface area contributed by atoms with Gasteiger partial charge in [-0.3, -0.25) is 0 Å². The number of aliphatic hydroxyl groups excluding tert-OH is 1. The molecule has 0 unspecified atom stereocenters. The molecule has 0 amide bonds. The summed E-state index contributed by atoms with van der Waals surface area (Å²) in [5.74, 6) is -0.327. The van der Waals surface area contributed by atoms with E-state index >= 15 is 0 Å². The van der Waals surface area contributed by atoms with E-state index in [1.165, 1.54) is 12.1 Å². The monoisotopic (exact) mass is 269 g/mol. The van der Waals surface area contributed by atoms with Crippen molar-refractivity contribution in [3.05, 3.63) is 35.1 Å². The molecule has 0 aromatic heterocycles. The lowest BCUT2D eigenvalue weighted by molar-refractivity contribution is 0.210. The van der Waals surface area contributed by atoms with Crippen molar-refractivity contribution in [3.63, 3.8) is 0 Å². The molecule has 0 aliphatic heterocycles. The number of nitrogens with two attached hydrogens (primary N) is 1. The number of oxime groups is 1. The van der Waals surface area contributed by atoms with Crippen LogP contribution in [0.5, 0.6) is 0 Å². The summed E-state index contributed by atoms with van der Waals surface area (Å²) in [6.45, 7) is 4.39. The van der Waals surface area contributed by atoms with Crippen molar-refractivity contribution in [3.8, 4) is 0 Å². The largest absolute Gasteiger partial charge is 0.409 e. The van der Waals surface area contributed by atoms with Gasteiger partial charge in [-0.05, 0) is 23.6 Å². The van der Waals surface area contributed by atoms with Gasteiger partial charge in [0, 0.05) is 18.2 Å². The average molecular weight is 269 g/mol.